The lowest BCUT2D eigenvalue weighted by Gasteiger charge is -2.51. The molecule has 1 aromatic carbocycles. The number of phenolic OH excluding ortho intramolecular Hbond substituents is 1. The second-order valence-corrected chi connectivity index (χ2v) is 46.9. The predicted octanol–water partition coefficient (Wildman–Crippen LogP) is 11.7. The first kappa shape index (κ1) is 43.4. The van der Waals surface area contributed by atoms with E-state index in [0.29, 0.717) is 16.7 Å². The summed E-state index contributed by atoms with van der Waals surface area (Å²) in [7, 11) is -22.8. The second kappa shape index (κ2) is 13.2. The molecule has 0 unspecified atom stereocenters. The van der Waals surface area contributed by atoms with Crippen molar-refractivity contribution in [2.45, 2.75) is 156 Å². The zero-order valence-electron chi connectivity index (χ0n) is 32.4. The van der Waals surface area contributed by atoms with Crippen molar-refractivity contribution in [3.8, 4) is 5.75 Å². The zero-order chi connectivity index (χ0) is 36.3. The van der Waals surface area contributed by atoms with Gasteiger partial charge < -0.3 is 26.4 Å². The SMILES string of the molecule is CC(C)(C)c1cc(C(O[Si](C)(C)C)(P(=O)(O[Si](C)(C)C)O[Si](C)(C)C)P(=O)(O[Si](C)(C)C)O[Si](C)(C)C)cc(C(C)(C)C)c1O. The molecule has 8 nitrogen and oxygen atoms in total. The minimum atomic E-state index is -4.59. The van der Waals surface area contributed by atoms with E-state index in [0.717, 1.165) is 0 Å². The van der Waals surface area contributed by atoms with E-state index in [2.05, 4.69) is 0 Å². The highest BCUT2D eigenvalue weighted by atomic mass is 31.2. The van der Waals surface area contributed by atoms with Gasteiger partial charge in [-0.25, -0.2) is 0 Å². The standard InChI is InChI=1S/C30H66O8P2Si5/c1-28(2,3)25-22-24(23-26(27(25)31)29(4,5)6)30(34-41(7,8)9,39(32,35-42(10,11)12)36-43(13,14)15)40(33,37-44(16,17)18)38-45(19,20)21/h22-23,31H,1-21H3. The summed E-state index contributed by atoms with van der Waals surface area (Å²) in [5.41, 5.74) is 0.453. The van der Waals surface area contributed by atoms with Gasteiger partial charge in [-0.05, 0) is 132 Å². The minimum Gasteiger partial charge on any atom is -0.507 e. The molecule has 1 N–H and O–H groups in total. The average Bonchev–Trinajstić information content (AvgIpc) is 2.63. The van der Waals surface area contributed by atoms with Crippen LogP contribution in [0.15, 0.2) is 12.1 Å². The Morgan fingerprint density at radius 1 is 0.511 bits per heavy atom. The van der Waals surface area contributed by atoms with E-state index in [1.807, 2.05) is 140 Å². The monoisotopic (exact) mass is 756 g/mol. The van der Waals surface area contributed by atoms with Gasteiger partial charge in [0.25, 0.3) is 5.08 Å². The number of phenols is 1. The Morgan fingerprint density at radius 3 is 0.933 bits per heavy atom. The molecule has 0 atom stereocenters. The summed E-state index contributed by atoms with van der Waals surface area (Å²) >= 11 is 0. The Labute approximate surface area is 281 Å². The maximum Gasteiger partial charge on any atom is 0.359 e. The van der Waals surface area contributed by atoms with E-state index in [4.69, 9.17) is 21.3 Å². The van der Waals surface area contributed by atoms with E-state index >= 15 is 9.13 Å². The van der Waals surface area contributed by atoms with Gasteiger partial charge in [-0.1, -0.05) is 41.5 Å². The lowest BCUT2D eigenvalue weighted by atomic mass is 9.78. The van der Waals surface area contributed by atoms with Gasteiger partial charge in [0.1, 0.15) is 5.75 Å². The van der Waals surface area contributed by atoms with Gasteiger partial charge in [0.05, 0.1) is 0 Å². The van der Waals surface area contributed by atoms with Crippen LogP contribution in [0, 0.1) is 0 Å². The van der Waals surface area contributed by atoms with Crippen molar-refractivity contribution in [2.24, 2.45) is 0 Å². The van der Waals surface area contributed by atoms with Crippen molar-refractivity contribution in [3.63, 3.8) is 0 Å². The lowest BCUT2D eigenvalue weighted by Crippen LogP contribution is -2.48. The van der Waals surface area contributed by atoms with Gasteiger partial charge >= 0.3 is 15.2 Å². The van der Waals surface area contributed by atoms with Crippen LogP contribution in [-0.4, -0.2) is 46.7 Å². The van der Waals surface area contributed by atoms with Crippen LogP contribution in [0.3, 0.4) is 0 Å². The fourth-order valence-electron chi connectivity index (χ4n) is 4.76. The maximum absolute atomic E-state index is 16.3. The van der Waals surface area contributed by atoms with Crippen molar-refractivity contribution in [1.82, 2.24) is 0 Å². The van der Waals surface area contributed by atoms with Crippen molar-refractivity contribution in [1.29, 1.82) is 0 Å². The van der Waals surface area contributed by atoms with Crippen LogP contribution in [0.4, 0.5) is 0 Å². The van der Waals surface area contributed by atoms with Gasteiger partial charge in [0.2, 0.25) is 0 Å². The molecule has 0 fully saturated rings. The van der Waals surface area contributed by atoms with Crippen LogP contribution in [-0.2, 0) is 46.3 Å². The van der Waals surface area contributed by atoms with E-state index in [1.165, 1.54) is 0 Å². The number of hydrogen-bond donors (Lipinski definition) is 1. The first-order valence-corrected chi connectivity index (χ1v) is 36.0. The summed E-state index contributed by atoms with van der Waals surface area (Å²) < 4.78 is 66.9. The topological polar surface area (TPSA) is 101 Å². The Balaban J connectivity index is 5.03. The highest BCUT2D eigenvalue weighted by molar-refractivity contribution is 7.75. The molecule has 0 saturated heterocycles. The molecule has 45 heavy (non-hydrogen) atoms. The molecule has 264 valence electrons. The largest absolute Gasteiger partial charge is 0.507 e. The van der Waals surface area contributed by atoms with E-state index in [-0.39, 0.29) is 5.75 Å². The molecule has 0 aromatic heterocycles. The van der Waals surface area contributed by atoms with Crippen LogP contribution in [0.5, 0.6) is 5.75 Å². The first-order chi connectivity index (χ1) is 19.3. The van der Waals surface area contributed by atoms with Crippen LogP contribution in [0.1, 0.15) is 58.2 Å². The number of hydrogen-bond acceptors (Lipinski definition) is 8. The van der Waals surface area contributed by atoms with Crippen molar-refractivity contribution >= 4 is 56.8 Å². The van der Waals surface area contributed by atoms with Crippen molar-refractivity contribution in [2.75, 3.05) is 0 Å². The van der Waals surface area contributed by atoms with Gasteiger partial charge in [0.15, 0.2) is 41.6 Å². The maximum atomic E-state index is 16.3. The minimum absolute atomic E-state index is 0.139. The van der Waals surface area contributed by atoms with E-state index in [1.54, 1.807) is 12.1 Å². The molecule has 0 aliphatic rings. The molecule has 0 bridgehead atoms. The number of aromatic hydroxyl groups is 1. The molecule has 0 amide bonds. The Morgan fingerprint density at radius 2 is 0.756 bits per heavy atom. The summed E-state index contributed by atoms with van der Waals surface area (Å²) in [5.74, 6) is 0.139. The van der Waals surface area contributed by atoms with Gasteiger partial charge in [-0.15, -0.1) is 0 Å². The fourth-order valence-corrected chi connectivity index (χ4v) is 26.3. The van der Waals surface area contributed by atoms with Crippen LogP contribution < -0.4 is 0 Å². The van der Waals surface area contributed by atoms with E-state index < -0.39 is 72.7 Å². The highest BCUT2D eigenvalue weighted by Gasteiger charge is 2.72. The Hall–Kier alpha value is 0.364. The molecule has 15 heteroatoms. The molecule has 0 aliphatic heterocycles. The molecule has 0 spiro atoms. The van der Waals surface area contributed by atoms with Gasteiger partial charge in [0, 0.05) is 5.56 Å². The smallest absolute Gasteiger partial charge is 0.359 e. The zero-order valence-corrected chi connectivity index (χ0v) is 39.1. The molecule has 0 radical (unpaired) electrons. The second-order valence-electron chi connectivity index (χ2n) is 19.1. The van der Waals surface area contributed by atoms with E-state index in [9.17, 15) is 5.11 Å². The molecule has 0 aliphatic carbocycles. The summed E-state index contributed by atoms with van der Waals surface area (Å²) in [4.78, 5) is 0. The van der Waals surface area contributed by atoms with Crippen molar-refractivity contribution in [3.05, 3.63) is 28.8 Å². The average molecular weight is 757 g/mol. The number of rotatable bonds is 13. The van der Waals surface area contributed by atoms with Crippen LogP contribution in [0.25, 0.3) is 0 Å². The van der Waals surface area contributed by atoms with Crippen molar-refractivity contribution < 1.29 is 35.5 Å². The summed E-state index contributed by atoms with van der Waals surface area (Å²) in [5, 5.41) is 9.50. The molecular weight excluding hydrogens is 691 g/mol. The summed E-state index contributed by atoms with van der Waals surface area (Å²) in [6.07, 6.45) is 0. The highest BCUT2D eigenvalue weighted by Crippen LogP contribution is 2.85. The fraction of sp³-hybridized carbons (Fsp3) is 0.800. The third-order valence-corrected chi connectivity index (χ3v) is 23.4. The molecule has 1 aromatic rings. The predicted molar refractivity (Wildman–Crippen MR) is 205 cm³/mol. The Bertz CT molecular complexity index is 1180. The van der Waals surface area contributed by atoms with Crippen LogP contribution in [0.2, 0.25) is 98.2 Å². The number of benzene rings is 1. The molecular formula is C30H66O8P2Si5. The normalized spacial score (nSPS) is 15.5. The first-order valence-electron chi connectivity index (χ1n) is 15.9. The van der Waals surface area contributed by atoms with Gasteiger partial charge in [-0.3, -0.25) is 9.13 Å². The lowest BCUT2D eigenvalue weighted by molar-refractivity contribution is 0.153. The molecule has 0 saturated carbocycles. The summed E-state index contributed by atoms with van der Waals surface area (Å²) in [6, 6.07) is 3.57. The quantitative estimate of drug-likeness (QED) is 0.157. The van der Waals surface area contributed by atoms with Gasteiger partial charge in [-0.2, -0.15) is 0 Å². The molecule has 1 rings (SSSR count). The molecule has 0 heterocycles. The third-order valence-electron chi connectivity index (χ3n) is 5.87. The third kappa shape index (κ3) is 11.7. The Kier molecular flexibility index (Phi) is 12.8. The summed E-state index contributed by atoms with van der Waals surface area (Å²) in [6.45, 7) is 41.2. The van der Waals surface area contributed by atoms with Crippen LogP contribution >= 0.6 is 15.2 Å².